The van der Waals surface area contributed by atoms with Crippen molar-refractivity contribution in [3.8, 4) is 0 Å². The monoisotopic (exact) mass is 459 g/mol. The molecule has 0 radical (unpaired) electrons. The fraction of sp³-hybridized carbons (Fsp3) is 0.417. The summed E-state index contributed by atoms with van der Waals surface area (Å²) in [6.07, 6.45) is 1.63. The zero-order chi connectivity index (χ0) is 23.9. The van der Waals surface area contributed by atoms with E-state index in [1.807, 2.05) is 57.2 Å². The molecule has 2 aromatic rings. The Morgan fingerprint density at radius 2 is 1.69 bits per heavy atom. The van der Waals surface area contributed by atoms with Gasteiger partial charge in [-0.2, -0.15) is 0 Å². The van der Waals surface area contributed by atoms with Crippen LogP contribution < -0.4 is 9.62 Å². The van der Waals surface area contributed by atoms with Crippen LogP contribution >= 0.6 is 0 Å². The maximum Gasteiger partial charge on any atom is 0.244 e. The van der Waals surface area contributed by atoms with Crippen molar-refractivity contribution in [2.45, 2.75) is 40.2 Å². The molecule has 2 aromatic carbocycles. The molecule has 0 spiro atoms. The van der Waals surface area contributed by atoms with E-state index in [-0.39, 0.29) is 12.5 Å². The second kappa shape index (κ2) is 11.1. The predicted molar refractivity (Wildman–Crippen MR) is 128 cm³/mol. The third kappa shape index (κ3) is 6.82. The minimum absolute atomic E-state index is 0.272. The van der Waals surface area contributed by atoms with E-state index in [2.05, 4.69) is 5.32 Å². The number of amides is 2. The lowest BCUT2D eigenvalue weighted by atomic mass is 10.1. The lowest BCUT2D eigenvalue weighted by Gasteiger charge is -2.31. The smallest absolute Gasteiger partial charge is 0.244 e. The average Bonchev–Trinajstić information content (AvgIpc) is 2.74. The highest BCUT2D eigenvalue weighted by atomic mass is 32.2. The number of likely N-dealkylation sites (N-methyl/N-ethyl adjacent to an activating group) is 1. The van der Waals surface area contributed by atoms with Crippen molar-refractivity contribution < 1.29 is 18.0 Å². The van der Waals surface area contributed by atoms with E-state index >= 15 is 0 Å². The summed E-state index contributed by atoms with van der Waals surface area (Å²) in [5.74, 6) is -0.700. The van der Waals surface area contributed by atoms with Gasteiger partial charge in [-0.05, 0) is 62.9 Å². The molecule has 1 atom stereocenters. The van der Waals surface area contributed by atoms with E-state index in [1.165, 1.54) is 4.90 Å². The van der Waals surface area contributed by atoms with Gasteiger partial charge in [0.25, 0.3) is 0 Å². The standard InChI is InChI=1S/C24H33N3O4S/c1-6-25-24(29)20(4)26(15-14-21-10-8-7-9-11-21)23(28)17-27(32(5,30)31)22-13-12-18(2)19(3)16-22/h7-13,16,20H,6,14-15,17H2,1-5H3,(H,25,29)/t20-/m1/s1. The van der Waals surface area contributed by atoms with Crippen LogP contribution in [0, 0.1) is 13.8 Å². The Bertz CT molecular complexity index is 1040. The molecule has 0 aliphatic rings. The van der Waals surface area contributed by atoms with Gasteiger partial charge in [0.1, 0.15) is 12.6 Å². The molecule has 0 aliphatic heterocycles. The summed E-state index contributed by atoms with van der Waals surface area (Å²) >= 11 is 0. The number of hydrogen-bond donors (Lipinski definition) is 1. The van der Waals surface area contributed by atoms with Gasteiger partial charge < -0.3 is 10.2 Å². The van der Waals surface area contributed by atoms with Gasteiger partial charge in [-0.1, -0.05) is 36.4 Å². The first-order valence-corrected chi connectivity index (χ1v) is 12.6. The Kier molecular flexibility index (Phi) is 8.83. The van der Waals surface area contributed by atoms with Gasteiger partial charge in [-0.15, -0.1) is 0 Å². The van der Waals surface area contributed by atoms with E-state index in [0.717, 1.165) is 27.3 Å². The molecule has 0 unspecified atom stereocenters. The molecule has 0 bridgehead atoms. The number of aryl methyl sites for hydroxylation is 2. The van der Waals surface area contributed by atoms with Gasteiger partial charge >= 0.3 is 0 Å². The minimum Gasteiger partial charge on any atom is -0.355 e. The van der Waals surface area contributed by atoms with E-state index < -0.39 is 22.0 Å². The van der Waals surface area contributed by atoms with Crippen molar-refractivity contribution in [1.29, 1.82) is 0 Å². The Labute approximate surface area is 191 Å². The van der Waals surface area contributed by atoms with Gasteiger partial charge in [0, 0.05) is 13.1 Å². The third-order valence-corrected chi connectivity index (χ3v) is 6.60. The predicted octanol–water partition coefficient (Wildman–Crippen LogP) is 2.67. The van der Waals surface area contributed by atoms with E-state index in [0.29, 0.717) is 25.2 Å². The molecule has 0 heterocycles. The molecular weight excluding hydrogens is 426 g/mol. The van der Waals surface area contributed by atoms with Crippen LogP contribution in [-0.4, -0.2) is 57.1 Å². The molecule has 2 rings (SSSR count). The molecular formula is C24H33N3O4S. The van der Waals surface area contributed by atoms with Crippen LogP contribution in [0.1, 0.15) is 30.5 Å². The van der Waals surface area contributed by atoms with Crippen LogP contribution in [0.4, 0.5) is 5.69 Å². The fourth-order valence-corrected chi connectivity index (χ4v) is 4.23. The number of hydrogen-bond acceptors (Lipinski definition) is 4. The molecule has 0 saturated carbocycles. The topological polar surface area (TPSA) is 86.8 Å². The first-order chi connectivity index (χ1) is 15.0. The Morgan fingerprint density at radius 1 is 1.03 bits per heavy atom. The molecule has 7 nitrogen and oxygen atoms in total. The molecule has 0 saturated heterocycles. The third-order valence-electron chi connectivity index (χ3n) is 5.46. The number of anilines is 1. The number of nitrogens with zero attached hydrogens (tertiary/aromatic N) is 2. The SMILES string of the molecule is CCNC(=O)[C@@H](C)N(CCc1ccccc1)C(=O)CN(c1ccc(C)c(C)c1)S(C)(=O)=O. The van der Waals surface area contributed by atoms with E-state index in [4.69, 9.17) is 0 Å². The van der Waals surface area contributed by atoms with Gasteiger partial charge in [0.2, 0.25) is 21.8 Å². The summed E-state index contributed by atoms with van der Waals surface area (Å²) in [7, 11) is -3.71. The van der Waals surface area contributed by atoms with Crippen LogP contribution in [0.2, 0.25) is 0 Å². The molecule has 2 amide bonds. The highest BCUT2D eigenvalue weighted by Crippen LogP contribution is 2.22. The van der Waals surface area contributed by atoms with Crippen molar-refractivity contribution in [3.63, 3.8) is 0 Å². The van der Waals surface area contributed by atoms with Gasteiger partial charge in [-0.25, -0.2) is 8.42 Å². The zero-order valence-electron chi connectivity index (χ0n) is 19.5. The first kappa shape index (κ1) is 25.4. The number of carbonyl (C=O) groups excluding carboxylic acids is 2. The van der Waals surface area contributed by atoms with Crippen LogP contribution in [0.15, 0.2) is 48.5 Å². The molecule has 0 fully saturated rings. The second-order valence-corrected chi connectivity index (χ2v) is 9.84. The summed E-state index contributed by atoms with van der Waals surface area (Å²) in [4.78, 5) is 27.3. The summed E-state index contributed by atoms with van der Waals surface area (Å²) in [6.45, 7) is 7.67. The minimum atomic E-state index is -3.71. The lowest BCUT2D eigenvalue weighted by Crippen LogP contribution is -2.52. The van der Waals surface area contributed by atoms with Crippen molar-refractivity contribution in [1.82, 2.24) is 10.2 Å². The summed E-state index contributed by atoms with van der Waals surface area (Å²) in [5.41, 5.74) is 3.42. The highest BCUT2D eigenvalue weighted by molar-refractivity contribution is 7.92. The van der Waals surface area contributed by atoms with Gasteiger partial charge in [-0.3, -0.25) is 13.9 Å². The first-order valence-electron chi connectivity index (χ1n) is 10.7. The molecule has 0 aromatic heterocycles. The lowest BCUT2D eigenvalue weighted by molar-refractivity contribution is -0.138. The summed E-state index contributed by atoms with van der Waals surface area (Å²) < 4.78 is 26.2. The van der Waals surface area contributed by atoms with Gasteiger partial charge in [0.15, 0.2) is 0 Å². The summed E-state index contributed by atoms with van der Waals surface area (Å²) in [5, 5.41) is 2.74. The zero-order valence-corrected chi connectivity index (χ0v) is 20.3. The van der Waals surface area contributed by atoms with Crippen LogP contribution in [0.3, 0.4) is 0 Å². The van der Waals surface area contributed by atoms with Crippen LogP contribution in [0.25, 0.3) is 0 Å². The van der Waals surface area contributed by atoms with Crippen molar-refractivity contribution >= 4 is 27.5 Å². The average molecular weight is 460 g/mol. The number of sulfonamides is 1. The van der Waals surface area contributed by atoms with Crippen molar-refractivity contribution in [2.24, 2.45) is 0 Å². The number of nitrogens with one attached hydrogen (secondary N) is 1. The Hall–Kier alpha value is -2.87. The van der Waals surface area contributed by atoms with Gasteiger partial charge in [0.05, 0.1) is 11.9 Å². The fourth-order valence-electron chi connectivity index (χ4n) is 3.39. The van der Waals surface area contributed by atoms with Crippen molar-refractivity contribution in [2.75, 3.05) is 30.2 Å². The molecule has 174 valence electrons. The Balaban J connectivity index is 2.31. The van der Waals surface area contributed by atoms with Crippen molar-refractivity contribution in [3.05, 3.63) is 65.2 Å². The van der Waals surface area contributed by atoms with Crippen LogP contribution in [-0.2, 0) is 26.0 Å². The molecule has 1 N–H and O–H groups in total. The maximum absolute atomic E-state index is 13.3. The van der Waals surface area contributed by atoms with E-state index in [1.54, 1.807) is 19.1 Å². The number of rotatable bonds is 10. The Morgan fingerprint density at radius 3 is 2.25 bits per heavy atom. The quantitative estimate of drug-likeness (QED) is 0.592. The number of carbonyl (C=O) groups is 2. The number of benzene rings is 2. The molecule has 8 heteroatoms. The van der Waals surface area contributed by atoms with Crippen LogP contribution in [0.5, 0.6) is 0 Å². The van der Waals surface area contributed by atoms with E-state index in [9.17, 15) is 18.0 Å². The summed E-state index contributed by atoms with van der Waals surface area (Å²) in [6, 6.07) is 14.2. The molecule has 0 aliphatic carbocycles. The highest BCUT2D eigenvalue weighted by Gasteiger charge is 2.29. The molecule has 32 heavy (non-hydrogen) atoms. The second-order valence-electron chi connectivity index (χ2n) is 7.93. The normalized spacial score (nSPS) is 12.2. The largest absolute Gasteiger partial charge is 0.355 e. The maximum atomic E-state index is 13.3.